The maximum atomic E-state index is 11.5. The number of halogens is 1. The summed E-state index contributed by atoms with van der Waals surface area (Å²) in [6, 6.07) is 6.94. The fraction of sp³-hybridized carbons (Fsp3) is 0.250. The zero-order chi connectivity index (χ0) is 12.3. The smallest absolute Gasteiger partial charge is 0.186 e. The van der Waals surface area contributed by atoms with E-state index in [4.69, 9.17) is 11.6 Å². The molecule has 0 amide bonds. The van der Waals surface area contributed by atoms with Gasteiger partial charge in [0.2, 0.25) is 0 Å². The van der Waals surface area contributed by atoms with Crippen LogP contribution in [0.15, 0.2) is 46.0 Å². The van der Waals surface area contributed by atoms with Crippen LogP contribution in [0.1, 0.15) is 19.3 Å². The Hall–Kier alpha value is -1.68. The van der Waals surface area contributed by atoms with Crippen molar-refractivity contribution in [2.75, 3.05) is 0 Å². The number of hydrogen-bond acceptors (Lipinski definition) is 4. The number of rotatable bonds is 2. The standard InChI is InChI=1S/C12H11ClN2O2/c13-8-4-1-2-5-9(8)14-15-12-10(16)6-3-7-11(12)17/h1-2,4-5,16H,3,6-7H2. The van der Waals surface area contributed by atoms with E-state index in [-0.39, 0.29) is 17.2 Å². The zero-order valence-electron chi connectivity index (χ0n) is 9.06. The number of nitrogens with zero attached hydrogens (tertiary/aromatic N) is 2. The predicted molar refractivity (Wildman–Crippen MR) is 64.5 cm³/mol. The molecule has 0 spiro atoms. The highest BCUT2D eigenvalue weighted by atomic mass is 35.5. The topological polar surface area (TPSA) is 62.0 Å². The Bertz CT molecular complexity index is 509. The van der Waals surface area contributed by atoms with E-state index in [2.05, 4.69) is 10.2 Å². The van der Waals surface area contributed by atoms with Gasteiger partial charge in [-0.05, 0) is 18.6 Å². The molecule has 1 aliphatic rings. The lowest BCUT2D eigenvalue weighted by Crippen LogP contribution is -2.09. The zero-order valence-corrected chi connectivity index (χ0v) is 9.81. The molecule has 0 heterocycles. The van der Waals surface area contributed by atoms with Crippen LogP contribution in [0.2, 0.25) is 5.02 Å². The number of carbonyl (C=O) groups is 1. The molecule has 88 valence electrons. The lowest BCUT2D eigenvalue weighted by atomic mass is 10.0. The van der Waals surface area contributed by atoms with Crippen molar-refractivity contribution in [3.8, 4) is 0 Å². The molecule has 1 N–H and O–H groups in total. The van der Waals surface area contributed by atoms with Gasteiger partial charge >= 0.3 is 0 Å². The van der Waals surface area contributed by atoms with E-state index in [1.165, 1.54) is 0 Å². The molecule has 0 atom stereocenters. The van der Waals surface area contributed by atoms with Crippen molar-refractivity contribution in [1.29, 1.82) is 0 Å². The van der Waals surface area contributed by atoms with Crippen molar-refractivity contribution in [3.05, 3.63) is 40.7 Å². The van der Waals surface area contributed by atoms with Crippen LogP contribution in [0.5, 0.6) is 0 Å². The maximum Gasteiger partial charge on any atom is 0.186 e. The van der Waals surface area contributed by atoms with E-state index >= 15 is 0 Å². The third-order valence-corrected chi connectivity index (χ3v) is 2.78. The monoisotopic (exact) mass is 250 g/mol. The van der Waals surface area contributed by atoms with Gasteiger partial charge in [0.05, 0.1) is 5.02 Å². The van der Waals surface area contributed by atoms with Crippen LogP contribution in [0.3, 0.4) is 0 Å². The third kappa shape index (κ3) is 2.71. The molecule has 4 nitrogen and oxygen atoms in total. The molecule has 2 rings (SSSR count). The van der Waals surface area contributed by atoms with Gasteiger partial charge in [-0.3, -0.25) is 4.79 Å². The number of aliphatic hydroxyl groups is 1. The average molecular weight is 251 g/mol. The maximum absolute atomic E-state index is 11.5. The number of carbonyl (C=O) groups excluding carboxylic acids is 1. The Labute approximate surface area is 104 Å². The van der Waals surface area contributed by atoms with Crippen LogP contribution in [0.4, 0.5) is 5.69 Å². The molecule has 1 aromatic carbocycles. The number of hydrogen-bond donors (Lipinski definition) is 1. The van der Waals surface area contributed by atoms with Crippen molar-refractivity contribution >= 4 is 23.1 Å². The fourth-order valence-electron chi connectivity index (χ4n) is 1.56. The fourth-order valence-corrected chi connectivity index (χ4v) is 1.74. The molecule has 0 saturated carbocycles. The van der Waals surface area contributed by atoms with E-state index in [1.54, 1.807) is 24.3 Å². The summed E-state index contributed by atoms with van der Waals surface area (Å²) in [6.07, 6.45) is 1.54. The minimum atomic E-state index is -0.176. The van der Waals surface area contributed by atoms with E-state index < -0.39 is 0 Å². The van der Waals surface area contributed by atoms with Crippen molar-refractivity contribution < 1.29 is 9.90 Å². The molecule has 0 unspecified atom stereocenters. The second kappa shape index (κ2) is 5.10. The van der Waals surface area contributed by atoms with E-state index in [9.17, 15) is 9.90 Å². The Balaban J connectivity index is 2.27. The Morgan fingerprint density at radius 1 is 1.18 bits per heavy atom. The van der Waals surface area contributed by atoms with Crippen LogP contribution in [0.25, 0.3) is 0 Å². The normalized spacial score (nSPS) is 16.9. The average Bonchev–Trinajstić information content (AvgIpc) is 2.30. The lowest BCUT2D eigenvalue weighted by Gasteiger charge is -2.09. The van der Waals surface area contributed by atoms with Crippen molar-refractivity contribution in [1.82, 2.24) is 0 Å². The van der Waals surface area contributed by atoms with Crippen LogP contribution in [-0.4, -0.2) is 10.9 Å². The summed E-state index contributed by atoms with van der Waals surface area (Å²) in [4.78, 5) is 11.5. The summed E-state index contributed by atoms with van der Waals surface area (Å²) in [5.74, 6) is -0.165. The van der Waals surface area contributed by atoms with Crippen LogP contribution >= 0.6 is 11.6 Å². The third-order valence-electron chi connectivity index (χ3n) is 2.47. The second-order valence-electron chi connectivity index (χ2n) is 3.72. The number of azo groups is 1. The molecular weight excluding hydrogens is 240 g/mol. The molecule has 5 heteroatoms. The minimum Gasteiger partial charge on any atom is -0.510 e. The van der Waals surface area contributed by atoms with E-state index in [0.29, 0.717) is 30.0 Å². The Morgan fingerprint density at radius 2 is 1.94 bits per heavy atom. The van der Waals surface area contributed by atoms with Gasteiger partial charge in [-0.2, -0.15) is 0 Å². The van der Waals surface area contributed by atoms with Crippen LogP contribution < -0.4 is 0 Å². The predicted octanol–water partition coefficient (Wildman–Crippen LogP) is 3.95. The van der Waals surface area contributed by atoms with Crippen LogP contribution in [0, 0.1) is 0 Å². The molecule has 0 aromatic heterocycles. The minimum absolute atomic E-state index is 0.0112. The molecular formula is C12H11ClN2O2. The number of allylic oxidation sites excluding steroid dienone is 2. The first kappa shape index (κ1) is 11.8. The van der Waals surface area contributed by atoms with E-state index in [1.807, 2.05) is 0 Å². The van der Waals surface area contributed by atoms with Gasteiger partial charge in [0, 0.05) is 12.8 Å². The number of Topliss-reactive ketones (excluding diaryl/α,β-unsaturated/α-hetero) is 1. The molecule has 0 radical (unpaired) electrons. The summed E-state index contributed by atoms with van der Waals surface area (Å²) >= 11 is 5.90. The number of aliphatic hydroxyl groups excluding tert-OH is 1. The first-order valence-electron chi connectivity index (χ1n) is 5.30. The van der Waals surface area contributed by atoms with E-state index in [0.717, 1.165) is 0 Å². The summed E-state index contributed by atoms with van der Waals surface area (Å²) in [5.41, 5.74) is 0.531. The van der Waals surface area contributed by atoms with Gasteiger partial charge in [0.1, 0.15) is 11.4 Å². The van der Waals surface area contributed by atoms with Crippen LogP contribution in [-0.2, 0) is 4.79 Å². The van der Waals surface area contributed by atoms with Crippen molar-refractivity contribution in [2.45, 2.75) is 19.3 Å². The highest BCUT2D eigenvalue weighted by Crippen LogP contribution is 2.27. The first-order chi connectivity index (χ1) is 8.18. The Kier molecular flexibility index (Phi) is 3.54. The quantitative estimate of drug-likeness (QED) is 0.808. The summed E-state index contributed by atoms with van der Waals surface area (Å²) < 4.78 is 0. The summed E-state index contributed by atoms with van der Waals surface area (Å²) in [5, 5.41) is 17.7. The first-order valence-corrected chi connectivity index (χ1v) is 5.68. The molecule has 0 saturated heterocycles. The molecule has 1 aromatic rings. The molecule has 0 fully saturated rings. The second-order valence-corrected chi connectivity index (χ2v) is 4.13. The summed E-state index contributed by atoms with van der Waals surface area (Å²) in [6.45, 7) is 0. The molecule has 0 aliphatic heterocycles. The summed E-state index contributed by atoms with van der Waals surface area (Å²) in [7, 11) is 0. The van der Waals surface area contributed by atoms with Gasteiger partial charge in [-0.25, -0.2) is 0 Å². The number of benzene rings is 1. The lowest BCUT2D eigenvalue weighted by molar-refractivity contribution is -0.116. The largest absolute Gasteiger partial charge is 0.510 e. The highest BCUT2D eigenvalue weighted by molar-refractivity contribution is 6.32. The van der Waals surface area contributed by atoms with Gasteiger partial charge in [-0.15, -0.1) is 10.2 Å². The number of ketones is 1. The molecule has 1 aliphatic carbocycles. The van der Waals surface area contributed by atoms with Gasteiger partial charge < -0.3 is 5.11 Å². The van der Waals surface area contributed by atoms with Gasteiger partial charge in [-0.1, -0.05) is 23.7 Å². The van der Waals surface area contributed by atoms with Crippen molar-refractivity contribution in [3.63, 3.8) is 0 Å². The molecule has 17 heavy (non-hydrogen) atoms. The van der Waals surface area contributed by atoms with Gasteiger partial charge in [0.25, 0.3) is 0 Å². The molecule has 0 bridgehead atoms. The van der Waals surface area contributed by atoms with Gasteiger partial charge in [0.15, 0.2) is 11.5 Å². The SMILES string of the molecule is O=C1CCCC(O)=C1N=Nc1ccccc1Cl. The van der Waals surface area contributed by atoms with Crippen molar-refractivity contribution in [2.24, 2.45) is 10.2 Å². The Morgan fingerprint density at radius 3 is 2.65 bits per heavy atom. The highest BCUT2D eigenvalue weighted by Gasteiger charge is 2.20.